The van der Waals surface area contributed by atoms with E-state index in [-0.39, 0.29) is 21.8 Å². The van der Waals surface area contributed by atoms with Crippen molar-refractivity contribution < 1.29 is 27.5 Å². The number of nitrogens with zero attached hydrogens (tertiary/aromatic N) is 1. The van der Waals surface area contributed by atoms with Gasteiger partial charge in [0.2, 0.25) is 0 Å². The monoisotopic (exact) mass is 432 g/mol. The summed E-state index contributed by atoms with van der Waals surface area (Å²) in [6.07, 6.45) is 0. The van der Waals surface area contributed by atoms with Gasteiger partial charge in [0.15, 0.2) is 9.84 Å². The summed E-state index contributed by atoms with van der Waals surface area (Å²) in [5.41, 5.74) is 1.66. The second-order valence-corrected chi connectivity index (χ2v) is 8.98. The van der Waals surface area contributed by atoms with Gasteiger partial charge >= 0.3 is 5.97 Å². The van der Waals surface area contributed by atoms with Crippen LogP contribution in [0, 0.1) is 0 Å². The molecule has 1 aliphatic rings. The van der Waals surface area contributed by atoms with Crippen LogP contribution in [0.15, 0.2) is 47.4 Å². The molecular weight excluding hydrogens is 408 g/mol. The van der Waals surface area contributed by atoms with Crippen molar-refractivity contribution in [2.24, 2.45) is 0 Å². The van der Waals surface area contributed by atoms with E-state index < -0.39 is 21.7 Å². The molecule has 30 heavy (non-hydrogen) atoms. The highest BCUT2D eigenvalue weighted by atomic mass is 32.2. The van der Waals surface area contributed by atoms with E-state index in [9.17, 15) is 18.0 Å². The number of nitrogens with one attached hydrogen (secondary N) is 1. The average molecular weight is 432 g/mol. The number of sulfone groups is 1. The first-order valence-electron chi connectivity index (χ1n) is 9.55. The van der Waals surface area contributed by atoms with Crippen molar-refractivity contribution in [1.29, 1.82) is 0 Å². The van der Waals surface area contributed by atoms with E-state index in [0.717, 1.165) is 5.69 Å². The summed E-state index contributed by atoms with van der Waals surface area (Å²) in [4.78, 5) is 27.2. The molecule has 0 aromatic heterocycles. The predicted molar refractivity (Wildman–Crippen MR) is 113 cm³/mol. The smallest absolute Gasteiger partial charge is 0.340 e. The summed E-state index contributed by atoms with van der Waals surface area (Å²) < 4.78 is 34.1. The second kappa shape index (κ2) is 9.27. The van der Waals surface area contributed by atoms with E-state index in [1.165, 1.54) is 31.4 Å². The number of anilines is 2. The van der Waals surface area contributed by atoms with Crippen LogP contribution in [0.3, 0.4) is 0 Å². The Morgan fingerprint density at radius 1 is 1.10 bits per heavy atom. The highest BCUT2D eigenvalue weighted by molar-refractivity contribution is 7.91. The van der Waals surface area contributed by atoms with Gasteiger partial charge in [-0.2, -0.15) is 0 Å². The summed E-state index contributed by atoms with van der Waals surface area (Å²) in [6.45, 7) is 4.19. The van der Waals surface area contributed by atoms with Crippen molar-refractivity contribution in [1.82, 2.24) is 0 Å². The summed E-state index contributed by atoms with van der Waals surface area (Å²) in [7, 11) is -2.06. The Bertz CT molecular complexity index is 1030. The number of ether oxygens (including phenoxy) is 2. The maximum absolute atomic E-state index is 12.7. The van der Waals surface area contributed by atoms with Crippen LogP contribution < -0.4 is 10.2 Å². The maximum Gasteiger partial charge on any atom is 0.340 e. The molecule has 1 N–H and O–H groups in total. The van der Waals surface area contributed by atoms with Crippen LogP contribution in [-0.4, -0.2) is 59.5 Å². The molecule has 1 amide bonds. The summed E-state index contributed by atoms with van der Waals surface area (Å²) in [6, 6.07) is 10.8. The van der Waals surface area contributed by atoms with E-state index in [0.29, 0.717) is 32.0 Å². The van der Waals surface area contributed by atoms with Crippen LogP contribution >= 0.6 is 0 Å². The van der Waals surface area contributed by atoms with Crippen molar-refractivity contribution in [3.05, 3.63) is 53.6 Å². The number of carbonyl (C=O) groups is 2. The van der Waals surface area contributed by atoms with Gasteiger partial charge in [0.05, 0.1) is 42.2 Å². The van der Waals surface area contributed by atoms with Gasteiger partial charge in [-0.1, -0.05) is 6.92 Å². The number of methoxy groups -OCH3 is 1. The van der Waals surface area contributed by atoms with Gasteiger partial charge in [-0.15, -0.1) is 0 Å². The third-order valence-electron chi connectivity index (χ3n) is 4.89. The molecule has 0 saturated carbocycles. The predicted octanol–water partition coefficient (Wildman–Crippen LogP) is 2.36. The van der Waals surface area contributed by atoms with E-state index >= 15 is 0 Å². The van der Waals surface area contributed by atoms with Crippen molar-refractivity contribution in [3.63, 3.8) is 0 Å². The van der Waals surface area contributed by atoms with Gasteiger partial charge in [0, 0.05) is 24.3 Å². The number of hydrogen-bond acceptors (Lipinski definition) is 7. The number of esters is 1. The highest BCUT2D eigenvalue weighted by Crippen LogP contribution is 2.25. The Hall–Kier alpha value is -2.91. The maximum atomic E-state index is 12.7. The molecule has 0 unspecified atom stereocenters. The Morgan fingerprint density at radius 3 is 2.37 bits per heavy atom. The quantitative estimate of drug-likeness (QED) is 0.699. The third kappa shape index (κ3) is 4.80. The van der Waals surface area contributed by atoms with Crippen LogP contribution in [0.2, 0.25) is 0 Å². The van der Waals surface area contributed by atoms with Gasteiger partial charge < -0.3 is 19.7 Å². The molecule has 0 radical (unpaired) electrons. The number of carbonyl (C=O) groups excluding carboxylic acids is 2. The fraction of sp³-hybridized carbons (Fsp3) is 0.333. The molecule has 1 heterocycles. The van der Waals surface area contributed by atoms with E-state index in [1.54, 1.807) is 19.1 Å². The van der Waals surface area contributed by atoms with Gasteiger partial charge in [-0.05, 0) is 42.5 Å². The Kier molecular flexibility index (Phi) is 6.73. The number of benzene rings is 2. The molecule has 0 aliphatic carbocycles. The third-order valence-corrected chi connectivity index (χ3v) is 6.64. The molecular formula is C21H24N2O6S. The van der Waals surface area contributed by atoms with Crippen LogP contribution in [-0.2, 0) is 19.3 Å². The van der Waals surface area contributed by atoms with E-state index in [2.05, 4.69) is 10.2 Å². The molecule has 1 saturated heterocycles. The van der Waals surface area contributed by atoms with Gasteiger partial charge in [-0.25, -0.2) is 13.2 Å². The lowest BCUT2D eigenvalue weighted by atomic mass is 10.1. The molecule has 8 nitrogen and oxygen atoms in total. The zero-order chi connectivity index (χ0) is 21.7. The number of rotatable bonds is 6. The fourth-order valence-electron chi connectivity index (χ4n) is 3.11. The first-order valence-corrected chi connectivity index (χ1v) is 11.2. The molecule has 2 aromatic rings. The average Bonchev–Trinajstić information content (AvgIpc) is 2.79. The lowest BCUT2D eigenvalue weighted by Gasteiger charge is -2.29. The van der Waals surface area contributed by atoms with E-state index in [4.69, 9.17) is 9.47 Å². The van der Waals surface area contributed by atoms with Crippen LogP contribution in [0.1, 0.15) is 27.6 Å². The normalized spacial score (nSPS) is 14.3. The second-order valence-electron chi connectivity index (χ2n) is 6.70. The van der Waals surface area contributed by atoms with Crippen molar-refractivity contribution in [3.8, 4) is 0 Å². The minimum absolute atomic E-state index is 0.0173. The molecule has 3 rings (SSSR count). The van der Waals surface area contributed by atoms with Crippen LogP contribution in [0.5, 0.6) is 0 Å². The van der Waals surface area contributed by atoms with Gasteiger partial charge in [0.1, 0.15) is 0 Å². The molecule has 0 atom stereocenters. The minimum Gasteiger partial charge on any atom is -0.465 e. The molecule has 0 spiro atoms. The number of morpholine rings is 1. The SMILES string of the molecule is CCS(=O)(=O)c1ccc(C(=O)Nc2ccc(N3CCOCC3)cc2C(=O)OC)cc1. The summed E-state index contributed by atoms with van der Waals surface area (Å²) in [5, 5.41) is 2.71. The summed E-state index contributed by atoms with van der Waals surface area (Å²) >= 11 is 0. The molecule has 160 valence electrons. The first kappa shape index (κ1) is 21.8. The molecule has 9 heteroatoms. The largest absolute Gasteiger partial charge is 0.465 e. The lowest BCUT2D eigenvalue weighted by Crippen LogP contribution is -2.36. The zero-order valence-corrected chi connectivity index (χ0v) is 17.7. The minimum atomic E-state index is -3.34. The zero-order valence-electron chi connectivity index (χ0n) is 16.9. The topological polar surface area (TPSA) is 102 Å². The van der Waals surface area contributed by atoms with Crippen molar-refractivity contribution >= 4 is 33.1 Å². The van der Waals surface area contributed by atoms with Crippen LogP contribution in [0.4, 0.5) is 11.4 Å². The first-order chi connectivity index (χ1) is 14.4. The standard InChI is InChI=1S/C21H24N2O6S/c1-3-30(26,27)17-7-4-15(5-8-17)20(24)22-19-9-6-16(14-18(19)21(25)28-2)23-10-12-29-13-11-23/h4-9,14H,3,10-13H2,1-2H3,(H,22,24). The summed E-state index contributed by atoms with van der Waals surface area (Å²) in [5.74, 6) is -1.04. The number of amides is 1. The molecule has 1 aliphatic heterocycles. The molecule has 1 fully saturated rings. The Morgan fingerprint density at radius 2 is 1.77 bits per heavy atom. The Labute approximate surface area is 175 Å². The Balaban J connectivity index is 1.84. The van der Waals surface area contributed by atoms with Crippen molar-refractivity contribution in [2.45, 2.75) is 11.8 Å². The lowest BCUT2D eigenvalue weighted by molar-refractivity contribution is 0.0602. The van der Waals surface area contributed by atoms with Crippen molar-refractivity contribution in [2.75, 3.05) is 49.4 Å². The van der Waals surface area contributed by atoms with Gasteiger partial charge in [0.25, 0.3) is 5.91 Å². The van der Waals surface area contributed by atoms with E-state index in [1.807, 2.05) is 6.07 Å². The van der Waals surface area contributed by atoms with Crippen LogP contribution in [0.25, 0.3) is 0 Å². The molecule has 0 bridgehead atoms. The molecule has 2 aromatic carbocycles. The highest BCUT2D eigenvalue weighted by Gasteiger charge is 2.19. The fourth-order valence-corrected chi connectivity index (χ4v) is 4.00. The van der Waals surface area contributed by atoms with Gasteiger partial charge in [-0.3, -0.25) is 4.79 Å². The number of hydrogen-bond donors (Lipinski definition) is 1.